The zero-order valence-corrected chi connectivity index (χ0v) is 12.3. The van der Waals surface area contributed by atoms with Crippen molar-refractivity contribution in [3.63, 3.8) is 0 Å². The predicted octanol–water partition coefficient (Wildman–Crippen LogP) is 3.68. The summed E-state index contributed by atoms with van der Waals surface area (Å²) in [7, 11) is -3.46. The summed E-state index contributed by atoms with van der Waals surface area (Å²) in [6.07, 6.45) is 5.02. The molecule has 5 nitrogen and oxygen atoms in total. The van der Waals surface area contributed by atoms with Crippen LogP contribution in [0.15, 0.2) is 0 Å². The Balaban J connectivity index is 4.07. The Hall–Kier alpha value is -0.380. The molecule has 0 saturated carbocycles. The van der Waals surface area contributed by atoms with Crippen LogP contribution in [0, 0.1) is 0 Å². The molecular formula is C12H25O5P. The van der Waals surface area contributed by atoms with Crippen LogP contribution in [0.3, 0.4) is 0 Å². The third kappa shape index (κ3) is 9.63. The Bertz CT molecular complexity index is 251. The number of carbonyl (C=O) groups is 1. The highest BCUT2D eigenvalue weighted by Gasteiger charge is 2.28. The lowest BCUT2D eigenvalue weighted by atomic mass is 10.3. The average Bonchev–Trinajstić information content (AvgIpc) is 2.30. The summed E-state index contributed by atoms with van der Waals surface area (Å²) in [5, 5.41) is 8.72. The van der Waals surface area contributed by atoms with E-state index in [0.29, 0.717) is 13.2 Å². The van der Waals surface area contributed by atoms with E-state index in [1.165, 1.54) is 0 Å². The fourth-order valence-corrected chi connectivity index (χ4v) is 2.81. The van der Waals surface area contributed by atoms with Crippen molar-refractivity contribution in [2.45, 2.75) is 52.4 Å². The van der Waals surface area contributed by atoms with E-state index in [9.17, 15) is 9.36 Å². The smallest absolute Gasteiger partial charge is 0.341 e. The molecule has 0 heterocycles. The van der Waals surface area contributed by atoms with Gasteiger partial charge in [0.2, 0.25) is 0 Å². The second-order valence-corrected chi connectivity index (χ2v) is 6.30. The first kappa shape index (κ1) is 17.6. The van der Waals surface area contributed by atoms with Gasteiger partial charge in [0.1, 0.15) is 6.16 Å². The van der Waals surface area contributed by atoms with Gasteiger partial charge in [-0.05, 0) is 12.8 Å². The lowest BCUT2D eigenvalue weighted by molar-refractivity contribution is -0.134. The number of hydrogen-bond acceptors (Lipinski definition) is 4. The Labute approximate surface area is 109 Å². The van der Waals surface area contributed by atoms with Crippen LogP contribution >= 0.6 is 7.60 Å². The first-order valence-corrected chi connectivity index (χ1v) is 8.36. The fraction of sp³-hybridized carbons (Fsp3) is 0.917. The molecule has 0 radical (unpaired) electrons. The Morgan fingerprint density at radius 2 is 1.44 bits per heavy atom. The van der Waals surface area contributed by atoms with Crippen LogP contribution < -0.4 is 0 Å². The molecule has 0 aliphatic heterocycles. The third-order valence-electron chi connectivity index (χ3n) is 2.40. The highest BCUT2D eigenvalue weighted by molar-refractivity contribution is 7.54. The van der Waals surface area contributed by atoms with E-state index < -0.39 is 19.7 Å². The highest BCUT2D eigenvalue weighted by atomic mass is 31.2. The predicted molar refractivity (Wildman–Crippen MR) is 71.1 cm³/mol. The molecule has 0 saturated heterocycles. The van der Waals surface area contributed by atoms with E-state index >= 15 is 0 Å². The molecule has 0 aromatic heterocycles. The third-order valence-corrected chi connectivity index (χ3v) is 4.21. The largest absolute Gasteiger partial charge is 0.481 e. The molecule has 0 aromatic carbocycles. The molecule has 0 aromatic rings. The van der Waals surface area contributed by atoms with E-state index in [1.54, 1.807) is 0 Å². The normalized spacial score (nSPS) is 11.7. The molecule has 0 aliphatic rings. The molecule has 0 fully saturated rings. The van der Waals surface area contributed by atoms with Gasteiger partial charge < -0.3 is 14.2 Å². The maximum Gasteiger partial charge on any atom is 0.341 e. The molecule has 0 amide bonds. The summed E-state index contributed by atoms with van der Waals surface area (Å²) >= 11 is 0. The molecule has 6 heteroatoms. The molecule has 0 rings (SSSR count). The summed E-state index contributed by atoms with van der Waals surface area (Å²) in [5.74, 6) is -1.15. The highest BCUT2D eigenvalue weighted by Crippen LogP contribution is 2.48. The molecule has 0 unspecified atom stereocenters. The van der Waals surface area contributed by atoms with E-state index in [2.05, 4.69) is 13.8 Å². The topological polar surface area (TPSA) is 72.8 Å². The quantitative estimate of drug-likeness (QED) is 0.436. The van der Waals surface area contributed by atoms with Gasteiger partial charge in [0.15, 0.2) is 0 Å². The minimum atomic E-state index is -3.46. The van der Waals surface area contributed by atoms with Crippen molar-refractivity contribution >= 4 is 13.6 Å². The lowest BCUT2D eigenvalue weighted by Gasteiger charge is -2.16. The van der Waals surface area contributed by atoms with Gasteiger partial charge >= 0.3 is 13.6 Å². The standard InChI is InChI=1S/C12H25O5P/c1-3-5-7-9-16-18(15,11-12(13)14)17-10-8-6-4-2/h3-11H2,1-2H3,(H,13,14). The van der Waals surface area contributed by atoms with Gasteiger partial charge in [-0.15, -0.1) is 0 Å². The molecule has 0 aliphatic carbocycles. The molecule has 18 heavy (non-hydrogen) atoms. The Morgan fingerprint density at radius 1 is 1.00 bits per heavy atom. The average molecular weight is 280 g/mol. The number of rotatable bonds is 12. The lowest BCUT2D eigenvalue weighted by Crippen LogP contribution is -2.10. The first-order valence-electron chi connectivity index (χ1n) is 6.64. The van der Waals surface area contributed by atoms with E-state index in [-0.39, 0.29) is 0 Å². The maximum atomic E-state index is 12.1. The van der Waals surface area contributed by atoms with Crippen molar-refractivity contribution in [3.8, 4) is 0 Å². The van der Waals surface area contributed by atoms with Crippen LogP contribution in [0.2, 0.25) is 0 Å². The maximum absolute atomic E-state index is 12.1. The summed E-state index contributed by atoms with van der Waals surface area (Å²) in [4.78, 5) is 10.7. The van der Waals surface area contributed by atoms with Gasteiger partial charge in [-0.25, -0.2) is 0 Å². The Morgan fingerprint density at radius 3 is 1.78 bits per heavy atom. The van der Waals surface area contributed by atoms with Crippen LogP contribution in [-0.2, 0) is 18.4 Å². The van der Waals surface area contributed by atoms with Gasteiger partial charge in [-0.2, -0.15) is 0 Å². The zero-order chi connectivity index (χ0) is 13.9. The van der Waals surface area contributed by atoms with E-state index in [0.717, 1.165) is 38.5 Å². The van der Waals surface area contributed by atoms with Crippen molar-refractivity contribution in [3.05, 3.63) is 0 Å². The molecule has 108 valence electrons. The molecule has 0 atom stereocenters. The molecule has 0 spiro atoms. The number of hydrogen-bond donors (Lipinski definition) is 1. The van der Waals surface area contributed by atoms with Crippen LogP contribution in [0.25, 0.3) is 0 Å². The van der Waals surface area contributed by atoms with Crippen LogP contribution in [-0.4, -0.2) is 30.5 Å². The first-order chi connectivity index (χ1) is 8.54. The van der Waals surface area contributed by atoms with Crippen molar-refractivity contribution < 1.29 is 23.5 Å². The van der Waals surface area contributed by atoms with Crippen molar-refractivity contribution in [1.82, 2.24) is 0 Å². The zero-order valence-electron chi connectivity index (χ0n) is 11.4. The molecule has 0 bridgehead atoms. The minimum Gasteiger partial charge on any atom is -0.481 e. The minimum absolute atomic E-state index is 0.298. The summed E-state index contributed by atoms with van der Waals surface area (Å²) in [6.45, 7) is 4.70. The van der Waals surface area contributed by atoms with E-state index in [1.807, 2.05) is 0 Å². The Kier molecular flexibility index (Phi) is 10.3. The van der Waals surface area contributed by atoms with Crippen LogP contribution in [0.1, 0.15) is 52.4 Å². The molecular weight excluding hydrogens is 255 g/mol. The van der Waals surface area contributed by atoms with Gasteiger partial charge in [-0.3, -0.25) is 9.36 Å². The fourth-order valence-electron chi connectivity index (χ4n) is 1.41. The van der Waals surface area contributed by atoms with Gasteiger partial charge in [0.05, 0.1) is 13.2 Å². The van der Waals surface area contributed by atoms with Crippen LogP contribution in [0.4, 0.5) is 0 Å². The number of carboxylic acid groups (broad SMARTS) is 1. The second kappa shape index (κ2) is 10.5. The summed E-state index contributed by atoms with van der Waals surface area (Å²) in [5.41, 5.74) is 0. The van der Waals surface area contributed by atoms with Crippen molar-refractivity contribution in [1.29, 1.82) is 0 Å². The SMILES string of the molecule is CCCCCOP(=O)(CC(=O)O)OCCCCC. The van der Waals surface area contributed by atoms with Crippen molar-refractivity contribution in [2.24, 2.45) is 0 Å². The monoisotopic (exact) mass is 280 g/mol. The van der Waals surface area contributed by atoms with E-state index in [4.69, 9.17) is 14.2 Å². The number of carboxylic acids is 1. The van der Waals surface area contributed by atoms with Crippen LogP contribution in [0.5, 0.6) is 0 Å². The summed E-state index contributed by atoms with van der Waals surface area (Å²) < 4.78 is 22.5. The van der Waals surface area contributed by atoms with Gasteiger partial charge in [0, 0.05) is 0 Å². The second-order valence-electron chi connectivity index (χ2n) is 4.24. The number of aliphatic carboxylic acids is 1. The molecule has 1 N–H and O–H groups in total. The number of unbranched alkanes of at least 4 members (excludes halogenated alkanes) is 4. The van der Waals surface area contributed by atoms with Gasteiger partial charge in [-0.1, -0.05) is 39.5 Å². The summed E-state index contributed by atoms with van der Waals surface area (Å²) in [6, 6.07) is 0. The van der Waals surface area contributed by atoms with Gasteiger partial charge in [0.25, 0.3) is 0 Å². The van der Waals surface area contributed by atoms with Crippen molar-refractivity contribution in [2.75, 3.05) is 19.4 Å².